The highest BCUT2D eigenvalue weighted by Gasteiger charge is 2.28. The van der Waals surface area contributed by atoms with Crippen LogP contribution in [0, 0.1) is 0 Å². The summed E-state index contributed by atoms with van der Waals surface area (Å²) in [7, 11) is 5.49. The van der Waals surface area contributed by atoms with Gasteiger partial charge < -0.3 is 10.2 Å². The van der Waals surface area contributed by atoms with Crippen molar-refractivity contribution in [3.63, 3.8) is 0 Å². The number of likely N-dealkylation sites (N-methyl/N-ethyl adjacent to an activating group) is 1. The van der Waals surface area contributed by atoms with Crippen LogP contribution in [0.3, 0.4) is 0 Å². The summed E-state index contributed by atoms with van der Waals surface area (Å²) in [6.45, 7) is 3.28. The van der Waals surface area contributed by atoms with Gasteiger partial charge in [0.15, 0.2) is 0 Å². The Morgan fingerprint density at radius 1 is 1.00 bits per heavy atom. The predicted molar refractivity (Wildman–Crippen MR) is 109 cm³/mol. The fourth-order valence-corrected chi connectivity index (χ4v) is 2.93. The van der Waals surface area contributed by atoms with Crippen LogP contribution in [0.1, 0.15) is 24.1 Å². The van der Waals surface area contributed by atoms with Gasteiger partial charge in [-0.05, 0) is 29.8 Å². The molecule has 0 saturated carbocycles. The molecule has 0 fully saturated rings. The molecule has 144 valence electrons. The van der Waals surface area contributed by atoms with Crippen LogP contribution in [0.2, 0.25) is 0 Å². The Labute approximate surface area is 161 Å². The number of imide groups is 1. The first-order chi connectivity index (χ1) is 13.0. The van der Waals surface area contributed by atoms with Crippen LogP contribution in [-0.2, 0) is 11.3 Å². The third-order valence-electron chi connectivity index (χ3n) is 4.44. The number of hydrogen-bond acceptors (Lipinski definition) is 4. The number of carbonyl (C=O) groups excluding carboxylic acids is 2. The minimum absolute atomic E-state index is 0.340. The molecular weight excluding hydrogens is 340 g/mol. The molecule has 27 heavy (non-hydrogen) atoms. The summed E-state index contributed by atoms with van der Waals surface area (Å²) in [5, 5.41) is 4.85. The van der Waals surface area contributed by atoms with E-state index in [0.717, 1.165) is 16.8 Å². The SMILES string of the molecule is CCN(Cc1ccc(N(C)C)cc1)[C@H](C(=O)NC(=O)NC)c1ccccc1. The fourth-order valence-electron chi connectivity index (χ4n) is 2.93. The van der Waals surface area contributed by atoms with Crippen molar-refractivity contribution in [3.05, 3.63) is 65.7 Å². The van der Waals surface area contributed by atoms with E-state index in [0.29, 0.717) is 13.1 Å². The molecule has 2 aromatic carbocycles. The molecule has 0 bridgehead atoms. The van der Waals surface area contributed by atoms with Crippen molar-refractivity contribution in [2.75, 3.05) is 32.6 Å². The molecule has 0 aliphatic heterocycles. The summed E-state index contributed by atoms with van der Waals surface area (Å²) in [4.78, 5) is 28.6. The van der Waals surface area contributed by atoms with Gasteiger partial charge in [0.2, 0.25) is 5.91 Å². The Kier molecular flexibility index (Phi) is 7.37. The Morgan fingerprint density at radius 2 is 1.63 bits per heavy atom. The largest absolute Gasteiger partial charge is 0.378 e. The molecular formula is C21H28N4O2. The van der Waals surface area contributed by atoms with E-state index in [1.807, 2.05) is 56.3 Å². The van der Waals surface area contributed by atoms with Crippen molar-refractivity contribution in [2.24, 2.45) is 0 Å². The van der Waals surface area contributed by atoms with E-state index in [1.54, 1.807) is 0 Å². The molecule has 0 aliphatic carbocycles. The molecule has 0 aromatic heterocycles. The first kappa shape index (κ1) is 20.5. The number of urea groups is 1. The maximum absolute atomic E-state index is 12.8. The molecule has 0 unspecified atom stereocenters. The van der Waals surface area contributed by atoms with Crippen LogP contribution in [0.25, 0.3) is 0 Å². The molecule has 6 nitrogen and oxygen atoms in total. The topological polar surface area (TPSA) is 64.7 Å². The monoisotopic (exact) mass is 368 g/mol. The third kappa shape index (κ3) is 5.56. The lowest BCUT2D eigenvalue weighted by Gasteiger charge is -2.30. The van der Waals surface area contributed by atoms with Crippen molar-refractivity contribution < 1.29 is 9.59 Å². The number of anilines is 1. The summed E-state index contributed by atoms with van der Waals surface area (Å²) >= 11 is 0. The molecule has 2 N–H and O–H groups in total. The van der Waals surface area contributed by atoms with Gasteiger partial charge in [0.1, 0.15) is 6.04 Å². The number of nitrogens with one attached hydrogen (secondary N) is 2. The van der Waals surface area contributed by atoms with E-state index in [9.17, 15) is 9.59 Å². The van der Waals surface area contributed by atoms with Gasteiger partial charge in [0.05, 0.1) is 0 Å². The summed E-state index contributed by atoms with van der Waals surface area (Å²) < 4.78 is 0. The highest BCUT2D eigenvalue weighted by Crippen LogP contribution is 2.24. The Morgan fingerprint density at radius 3 is 2.15 bits per heavy atom. The van der Waals surface area contributed by atoms with E-state index < -0.39 is 12.1 Å². The van der Waals surface area contributed by atoms with Crippen LogP contribution in [0.4, 0.5) is 10.5 Å². The predicted octanol–water partition coefficient (Wildman–Crippen LogP) is 2.77. The zero-order valence-electron chi connectivity index (χ0n) is 16.4. The smallest absolute Gasteiger partial charge is 0.321 e. The van der Waals surface area contributed by atoms with Gasteiger partial charge >= 0.3 is 6.03 Å². The second-order valence-electron chi connectivity index (χ2n) is 6.51. The van der Waals surface area contributed by atoms with Crippen LogP contribution in [0.5, 0.6) is 0 Å². The highest BCUT2D eigenvalue weighted by molar-refractivity contribution is 5.97. The quantitative estimate of drug-likeness (QED) is 0.789. The van der Waals surface area contributed by atoms with E-state index in [4.69, 9.17) is 0 Å². The molecule has 2 rings (SSSR count). The van der Waals surface area contributed by atoms with Gasteiger partial charge in [0, 0.05) is 33.4 Å². The zero-order valence-corrected chi connectivity index (χ0v) is 16.4. The zero-order chi connectivity index (χ0) is 19.8. The summed E-state index contributed by atoms with van der Waals surface area (Å²) in [5.74, 6) is -0.340. The first-order valence-corrected chi connectivity index (χ1v) is 9.04. The first-order valence-electron chi connectivity index (χ1n) is 9.04. The van der Waals surface area contributed by atoms with E-state index in [-0.39, 0.29) is 5.91 Å². The number of nitrogens with zero attached hydrogens (tertiary/aromatic N) is 2. The number of hydrogen-bond donors (Lipinski definition) is 2. The van der Waals surface area contributed by atoms with Crippen LogP contribution in [-0.4, -0.2) is 44.5 Å². The van der Waals surface area contributed by atoms with E-state index >= 15 is 0 Å². The minimum Gasteiger partial charge on any atom is -0.378 e. The van der Waals surface area contributed by atoms with Crippen LogP contribution in [0.15, 0.2) is 54.6 Å². The lowest BCUT2D eigenvalue weighted by molar-refractivity contribution is -0.125. The van der Waals surface area contributed by atoms with E-state index in [1.165, 1.54) is 7.05 Å². The lowest BCUT2D eigenvalue weighted by Crippen LogP contribution is -2.45. The van der Waals surface area contributed by atoms with Crippen molar-refractivity contribution in [1.29, 1.82) is 0 Å². The molecule has 6 heteroatoms. The average molecular weight is 368 g/mol. The highest BCUT2D eigenvalue weighted by atomic mass is 16.2. The lowest BCUT2D eigenvalue weighted by atomic mass is 10.0. The van der Waals surface area contributed by atoms with Crippen molar-refractivity contribution in [2.45, 2.75) is 19.5 Å². The summed E-state index contributed by atoms with van der Waals surface area (Å²) in [5.41, 5.74) is 3.08. The molecule has 1 atom stereocenters. The van der Waals surface area contributed by atoms with Gasteiger partial charge in [-0.15, -0.1) is 0 Å². The molecule has 0 spiro atoms. The third-order valence-corrected chi connectivity index (χ3v) is 4.44. The number of benzene rings is 2. The van der Waals surface area contributed by atoms with Crippen LogP contribution < -0.4 is 15.5 Å². The second kappa shape index (κ2) is 9.73. The van der Waals surface area contributed by atoms with Gasteiger partial charge in [0.25, 0.3) is 0 Å². The second-order valence-corrected chi connectivity index (χ2v) is 6.51. The Hall–Kier alpha value is -2.86. The standard InChI is InChI=1S/C21H28N4O2/c1-5-25(15-16-11-13-18(14-12-16)24(3)4)19(17-9-7-6-8-10-17)20(26)23-21(27)22-2/h6-14,19H,5,15H2,1-4H3,(H2,22,23,26,27)/t19-/m0/s1. The summed E-state index contributed by atoms with van der Waals surface area (Å²) in [6.07, 6.45) is 0. The molecule has 0 radical (unpaired) electrons. The van der Waals surface area contributed by atoms with Gasteiger partial charge in [-0.25, -0.2) is 4.79 Å². The normalized spacial score (nSPS) is 11.7. The summed E-state index contributed by atoms with van der Waals surface area (Å²) in [6, 6.07) is 16.7. The molecule has 3 amide bonds. The Bertz CT molecular complexity index is 745. The average Bonchev–Trinajstić information content (AvgIpc) is 2.68. The van der Waals surface area contributed by atoms with Gasteiger partial charge in [-0.1, -0.05) is 49.4 Å². The van der Waals surface area contributed by atoms with Crippen molar-refractivity contribution >= 4 is 17.6 Å². The molecule has 0 heterocycles. The molecule has 0 aliphatic rings. The number of amides is 3. The van der Waals surface area contributed by atoms with Crippen molar-refractivity contribution in [3.8, 4) is 0 Å². The Balaban J connectivity index is 2.27. The number of rotatable bonds is 7. The molecule has 2 aromatic rings. The van der Waals surface area contributed by atoms with E-state index in [2.05, 4.69) is 39.8 Å². The fraction of sp³-hybridized carbons (Fsp3) is 0.333. The van der Waals surface area contributed by atoms with Gasteiger partial charge in [-0.2, -0.15) is 0 Å². The minimum atomic E-state index is -0.554. The maximum Gasteiger partial charge on any atom is 0.321 e. The number of carbonyl (C=O) groups is 2. The maximum atomic E-state index is 12.8. The van der Waals surface area contributed by atoms with Gasteiger partial charge in [-0.3, -0.25) is 15.0 Å². The van der Waals surface area contributed by atoms with Crippen LogP contribution >= 0.6 is 0 Å². The molecule has 0 saturated heterocycles. The van der Waals surface area contributed by atoms with Crippen molar-refractivity contribution in [1.82, 2.24) is 15.5 Å².